The van der Waals surface area contributed by atoms with Crippen LogP contribution in [-0.2, 0) is 11.8 Å². The lowest BCUT2D eigenvalue weighted by molar-refractivity contribution is 1.37. The Morgan fingerprint density at radius 1 is 0.833 bits per heavy atom. The van der Waals surface area contributed by atoms with E-state index in [1.165, 1.54) is 15.9 Å². The Kier molecular flexibility index (Phi) is 3.20. The zero-order chi connectivity index (χ0) is 12.4. The van der Waals surface area contributed by atoms with Gasteiger partial charge in [-0.3, -0.25) is 0 Å². The van der Waals surface area contributed by atoms with E-state index in [9.17, 15) is 0 Å². The molecule has 90 valence electrons. The molecule has 0 spiro atoms. The fourth-order valence-corrected chi connectivity index (χ4v) is 6.61. The van der Waals surface area contributed by atoms with Gasteiger partial charge >= 0.3 is 0 Å². The summed E-state index contributed by atoms with van der Waals surface area (Å²) in [5.74, 6) is 0. The van der Waals surface area contributed by atoms with Gasteiger partial charge in [0.2, 0.25) is 0 Å². The first-order valence-corrected chi connectivity index (χ1v) is 9.00. The lowest BCUT2D eigenvalue weighted by Crippen LogP contribution is -2.06. The number of allylic oxidation sites excluding steroid dienone is 8. The quantitative estimate of drug-likeness (QED) is 0.730. The van der Waals surface area contributed by atoms with Gasteiger partial charge in [0, 0.05) is 6.04 Å². The molecule has 3 rings (SSSR count). The van der Waals surface area contributed by atoms with Gasteiger partial charge in [-0.2, -0.15) is 0 Å². The molecule has 0 aliphatic heterocycles. The first-order chi connectivity index (χ1) is 8.82. The fourth-order valence-electron chi connectivity index (χ4n) is 2.49. The molecule has 0 heterocycles. The maximum Gasteiger partial charge on any atom is 0.0308 e. The van der Waals surface area contributed by atoms with E-state index < -0.39 is 6.04 Å². The van der Waals surface area contributed by atoms with Crippen LogP contribution in [-0.4, -0.2) is 0 Å². The van der Waals surface area contributed by atoms with Gasteiger partial charge in [-0.05, 0) is 28.8 Å². The Balaban J connectivity index is 2.12. The van der Waals surface area contributed by atoms with Crippen molar-refractivity contribution in [2.75, 3.05) is 0 Å². The summed E-state index contributed by atoms with van der Waals surface area (Å²) >= 11 is 6.18. The molecule has 1 aromatic rings. The van der Waals surface area contributed by atoms with Gasteiger partial charge < -0.3 is 0 Å². The Hall–Kier alpha value is -1.17. The third-order valence-corrected chi connectivity index (χ3v) is 8.78. The van der Waals surface area contributed by atoms with Crippen LogP contribution in [0.2, 0.25) is 0 Å². The van der Waals surface area contributed by atoms with E-state index >= 15 is 0 Å². The number of rotatable bonds is 3. The van der Waals surface area contributed by atoms with Crippen molar-refractivity contribution in [1.82, 2.24) is 0 Å². The van der Waals surface area contributed by atoms with Crippen LogP contribution in [0.1, 0.15) is 12.8 Å². The molecule has 2 aliphatic carbocycles. The highest BCUT2D eigenvalue weighted by Gasteiger charge is 2.29. The minimum Gasteiger partial charge on any atom is -0.0832 e. The Morgan fingerprint density at radius 2 is 1.39 bits per heavy atom. The third-order valence-electron chi connectivity index (χ3n) is 3.43. The highest BCUT2D eigenvalue weighted by Crippen LogP contribution is 2.63. The van der Waals surface area contributed by atoms with Gasteiger partial charge in [0.1, 0.15) is 0 Å². The van der Waals surface area contributed by atoms with Crippen LogP contribution in [0.25, 0.3) is 0 Å². The fraction of sp³-hybridized carbons (Fsp3) is 0.125. The predicted molar refractivity (Wildman–Crippen MR) is 84.0 cm³/mol. The van der Waals surface area contributed by atoms with Crippen molar-refractivity contribution in [1.29, 1.82) is 0 Å². The summed E-state index contributed by atoms with van der Waals surface area (Å²) in [5, 5.41) is 4.18. The summed E-state index contributed by atoms with van der Waals surface area (Å²) in [7, 11) is 0. The van der Waals surface area contributed by atoms with Gasteiger partial charge in [-0.1, -0.05) is 78.6 Å². The van der Waals surface area contributed by atoms with Crippen LogP contribution < -0.4 is 5.30 Å². The molecule has 0 fully saturated rings. The molecule has 0 nitrogen and oxygen atoms in total. The third kappa shape index (κ3) is 1.88. The molecule has 0 unspecified atom stereocenters. The molecule has 0 atom stereocenters. The van der Waals surface area contributed by atoms with Crippen LogP contribution in [0.5, 0.6) is 0 Å². The minimum atomic E-state index is -1.74. The molecular formula is C16H15PS. The molecule has 0 saturated heterocycles. The average molecular weight is 270 g/mol. The normalized spacial score (nSPS) is 18.0. The monoisotopic (exact) mass is 270 g/mol. The molecule has 2 aliphatic rings. The van der Waals surface area contributed by atoms with E-state index in [-0.39, 0.29) is 0 Å². The second-order valence-electron chi connectivity index (χ2n) is 4.53. The second kappa shape index (κ2) is 4.84. The van der Waals surface area contributed by atoms with E-state index in [1.54, 1.807) is 0 Å². The summed E-state index contributed by atoms with van der Waals surface area (Å²) in [4.78, 5) is 0. The SMILES string of the molecule is S=P(C1=CC=CC1)(C1=CC=CC1)c1ccccc1. The Morgan fingerprint density at radius 3 is 1.83 bits per heavy atom. The van der Waals surface area contributed by atoms with Gasteiger partial charge in [-0.15, -0.1) is 0 Å². The topological polar surface area (TPSA) is 0 Å². The van der Waals surface area contributed by atoms with Crippen molar-refractivity contribution in [2.24, 2.45) is 0 Å². The van der Waals surface area contributed by atoms with Crippen LogP contribution >= 0.6 is 6.04 Å². The van der Waals surface area contributed by atoms with E-state index in [2.05, 4.69) is 66.8 Å². The van der Waals surface area contributed by atoms with E-state index in [1.807, 2.05) is 0 Å². The molecule has 0 N–H and O–H groups in total. The molecule has 0 aromatic heterocycles. The Bertz CT molecular complexity index is 584. The van der Waals surface area contributed by atoms with Gasteiger partial charge in [0.25, 0.3) is 0 Å². The number of hydrogen-bond acceptors (Lipinski definition) is 1. The van der Waals surface area contributed by atoms with Crippen molar-refractivity contribution in [2.45, 2.75) is 12.8 Å². The van der Waals surface area contributed by atoms with Crippen LogP contribution in [0.3, 0.4) is 0 Å². The zero-order valence-corrected chi connectivity index (χ0v) is 11.8. The van der Waals surface area contributed by atoms with Gasteiger partial charge in [0.05, 0.1) is 0 Å². The van der Waals surface area contributed by atoms with E-state index in [0.717, 1.165) is 12.8 Å². The van der Waals surface area contributed by atoms with Gasteiger partial charge in [0.15, 0.2) is 0 Å². The lowest BCUT2D eigenvalue weighted by Gasteiger charge is -2.26. The molecule has 0 saturated carbocycles. The lowest BCUT2D eigenvalue weighted by atomic mass is 10.4. The smallest absolute Gasteiger partial charge is 0.0308 e. The second-order valence-corrected chi connectivity index (χ2v) is 9.05. The molecule has 2 heteroatoms. The Labute approximate surface area is 113 Å². The maximum absolute atomic E-state index is 6.18. The van der Waals surface area contributed by atoms with Crippen molar-refractivity contribution < 1.29 is 0 Å². The van der Waals surface area contributed by atoms with Gasteiger partial charge in [-0.25, -0.2) is 0 Å². The minimum absolute atomic E-state index is 1.02. The summed E-state index contributed by atoms with van der Waals surface area (Å²) in [5.41, 5.74) is 0. The summed E-state index contributed by atoms with van der Waals surface area (Å²) in [6, 6.07) is 8.91. The molecule has 0 radical (unpaired) electrons. The standard InChI is InChI=1S/C16H15PS/c18-17(15-10-4-5-11-15,16-12-6-7-13-16)14-8-2-1-3-9-14/h1-10,12H,11,13H2. The summed E-state index contributed by atoms with van der Waals surface area (Å²) < 4.78 is 0. The molecular weight excluding hydrogens is 255 g/mol. The molecule has 0 bridgehead atoms. The van der Waals surface area contributed by atoms with E-state index in [0.29, 0.717) is 0 Å². The van der Waals surface area contributed by atoms with Crippen LogP contribution in [0.15, 0.2) is 77.4 Å². The zero-order valence-electron chi connectivity index (χ0n) is 10.1. The van der Waals surface area contributed by atoms with Crippen molar-refractivity contribution in [3.8, 4) is 0 Å². The van der Waals surface area contributed by atoms with Crippen LogP contribution in [0, 0.1) is 0 Å². The highest BCUT2D eigenvalue weighted by atomic mass is 32.4. The predicted octanol–water partition coefficient (Wildman–Crippen LogP) is 4.48. The van der Waals surface area contributed by atoms with Crippen molar-refractivity contribution in [3.63, 3.8) is 0 Å². The average Bonchev–Trinajstić information content (AvgIpc) is 3.12. The van der Waals surface area contributed by atoms with Crippen molar-refractivity contribution >= 4 is 23.1 Å². The van der Waals surface area contributed by atoms with Crippen molar-refractivity contribution in [3.05, 3.63) is 77.4 Å². The number of hydrogen-bond donors (Lipinski definition) is 0. The summed E-state index contributed by atoms with van der Waals surface area (Å²) in [6.07, 6.45) is 15.2. The molecule has 18 heavy (non-hydrogen) atoms. The van der Waals surface area contributed by atoms with Crippen LogP contribution in [0.4, 0.5) is 0 Å². The summed E-state index contributed by atoms with van der Waals surface area (Å²) in [6.45, 7) is 0. The first-order valence-electron chi connectivity index (χ1n) is 6.20. The number of benzene rings is 1. The van der Waals surface area contributed by atoms with E-state index in [4.69, 9.17) is 11.8 Å². The largest absolute Gasteiger partial charge is 0.0832 e. The maximum atomic E-state index is 6.18. The molecule has 0 amide bonds. The first kappa shape index (κ1) is 11.9. The highest BCUT2D eigenvalue weighted by molar-refractivity contribution is 8.22. The molecule has 1 aromatic carbocycles.